The largest absolute Gasteiger partial charge is 0.468 e. The van der Waals surface area contributed by atoms with Gasteiger partial charge >= 0.3 is 5.97 Å². The van der Waals surface area contributed by atoms with Gasteiger partial charge in [-0.15, -0.1) is 0 Å². The molecule has 0 aromatic carbocycles. The zero-order valence-corrected chi connectivity index (χ0v) is 15.1. The topological polar surface area (TPSA) is 76.7 Å². The van der Waals surface area contributed by atoms with Crippen LogP contribution in [0.15, 0.2) is 34.0 Å². The summed E-state index contributed by atoms with van der Waals surface area (Å²) in [5.41, 5.74) is 2.72. The number of fused-ring (bicyclic) bond motifs is 2. The summed E-state index contributed by atoms with van der Waals surface area (Å²) in [5, 5.41) is 9.02. The van der Waals surface area contributed by atoms with Gasteiger partial charge in [-0.3, -0.25) is 4.79 Å². The Morgan fingerprint density at radius 3 is 2.92 bits per heavy atom. The smallest absolute Gasteiger partial charge is 0.334 e. The lowest BCUT2D eigenvalue weighted by atomic mass is 9.58. The Hall–Kier alpha value is -2.14. The number of aliphatic hydroxyl groups excluding tert-OH is 1. The van der Waals surface area contributed by atoms with Crippen LogP contribution in [0.2, 0.25) is 0 Å². The SMILES string of the molecule is C/C(=C/CO)C(=O)O[C@@H]1c2c(C)coc2CC2=CC(=O)C[C@H](C)[C@]21C. The third-order valence-corrected chi connectivity index (χ3v) is 5.76. The van der Waals surface area contributed by atoms with E-state index in [0.717, 1.165) is 22.5 Å². The average Bonchev–Trinajstić information content (AvgIpc) is 2.90. The van der Waals surface area contributed by atoms with Crippen LogP contribution in [0, 0.1) is 18.3 Å². The van der Waals surface area contributed by atoms with E-state index in [-0.39, 0.29) is 18.3 Å². The lowest BCUT2D eigenvalue weighted by Gasteiger charge is -2.48. The molecule has 2 aliphatic rings. The molecule has 0 aliphatic heterocycles. The fraction of sp³-hybridized carbons (Fsp3) is 0.500. The van der Waals surface area contributed by atoms with Crippen LogP contribution >= 0.6 is 0 Å². The van der Waals surface area contributed by atoms with Crippen LogP contribution in [0.3, 0.4) is 0 Å². The molecule has 134 valence electrons. The second kappa shape index (κ2) is 6.30. The second-order valence-electron chi connectivity index (χ2n) is 7.31. The minimum Gasteiger partial charge on any atom is -0.468 e. The fourth-order valence-electron chi connectivity index (χ4n) is 3.98. The van der Waals surface area contributed by atoms with Crippen LogP contribution in [0.1, 0.15) is 50.2 Å². The molecule has 0 radical (unpaired) electrons. The Labute approximate surface area is 147 Å². The summed E-state index contributed by atoms with van der Waals surface area (Å²) < 4.78 is 11.6. The van der Waals surface area contributed by atoms with Crippen molar-refractivity contribution in [2.75, 3.05) is 6.61 Å². The van der Waals surface area contributed by atoms with Crippen molar-refractivity contribution in [3.63, 3.8) is 0 Å². The highest BCUT2D eigenvalue weighted by molar-refractivity contribution is 5.92. The minimum absolute atomic E-state index is 0.0439. The molecule has 2 aliphatic carbocycles. The average molecular weight is 344 g/mol. The van der Waals surface area contributed by atoms with Gasteiger partial charge in [-0.1, -0.05) is 13.8 Å². The molecule has 5 heteroatoms. The number of aryl methyl sites for hydroxylation is 1. The Morgan fingerprint density at radius 1 is 1.52 bits per heavy atom. The van der Waals surface area contributed by atoms with Crippen molar-refractivity contribution in [3.05, 3.63) is 46.4 Å². The number of ether oxygens (including phenoxy) is 1. The molecule has 0 bridgehead atoms. The van der Waals surface area contributed by atoms with Crippen LogP contribution in [0.5, 0.6) is 0 Å². The van der Waals surface area contributed by atoms with Gasteiger partial charge in [-0.05, 0) is 43.1 Å². The second-order valence-corrected chi connectivity index (χ2v) is 7.31. The van der Waals surface area contributed by atoms with E-state index in [1.54, 1.807) is 19.3 Å². The number of hydrogen-bond acceptors (Lipinski definition) is 5. The van der Waals surface area contributed by atoms with E-state index in [9.17, 15) is 9.59 Å². The Balaban J connectivity index is 2.10. The van der Waals surface area contributed by atoms with Crippen LogP contribution in [-0.2, 0) is 20.7 Å². The lowest BCUT2D eigenvalue weighted by molar-refractivity contribution is -0.153. The summed E-state index contributed by atoms with van der Waals surface area (Å²) in [6, 6.07) is 0. The van der Waals surface area contributed by atoms with Gasteiger partial charge in [0.05, 0.1) is 12.9 Å². The molecule has 0 amide bonds. The fourth-order valence-corrected chi connectivity index (χ4v) is 3.98. The lowest BCUT2D eigenvalue weighted by Crippen LogP contribution is -2.44. The summed E-state index contributed by atoms with van der Waals surface area (Å²) >= 11 is 0. The van der Waals surface area contributed by atoms with Crippen molar-refractivity contribution in [2.45, 2.75) is 46.6 Å². The number of carbonyl (C=O) groups excluding carboxylic acids is 2. The molecule has 3 rings (SSSR count). The summed E-state index contributed by atoms with van der Waals surface area (Å²) in [5.74, 6) is 0.442. The highest BCUT2D eigenvalue weighted by Gasteiger charge is 2.52. The number of aliphatic hydroxyl groups is 1. The molecule has 1 aromatic rings. The predicted octanol–water partition coefficient (Wildman–Crippen LogP) is 3.21. The third kappa shape index (κ3) is 2.76. The van der Waals surface area contributed by atoms with Crippen molar-refractivity contribution < 1.29 is 23.8 Å². The van der Waals surface area contributed by atoms with E-state index in [1.807, 2.05) is 13.8 Å². The molecule has 1 aromatic heterocycles. The zero-order valence-electron chi connectivity index (χ0n) is 15.1. The molecule has 3 atom stereocenters. The first-order valence-corrected chi connectivity index (χ1v) is 8.58. The van der Waals surface area contributed by atoms with E-state index in [2.05, 4.69) is 6.92 Å². The van der Waals surface area contributed by atoms with Crippen molar-refractivity contribution in [3.8, 4) is 0 Å². The van der Waals surface area contributed by atoms with Gasteiger partial charge in [0, 0.05) is 29.4 Å². The normalized spacial score (nSPS) is 28.9. The highest BCUT2D eigenvalue weighted by Crippen LogP contribution is 2.57. The number of allylic oxidation sites excluding steroid dienone is 1. The van der Waals surface area contributed by atoms with Crippen molar-refractivity contribution >= 4 is 11.8 Å². The van der Waals surface area contributed by atoms with Gasteiger partial charge in [0.1, 0.15) is 11.9 Å². The molecule has 1 heterocycles. The Bertz CT molecular complexity index is 782. The first-order chi connectivity index (χ1) is 11.8. The maximum absolute atomic E-state index is 12.5. The number of hydrogen-bond donors (Lipinski definition) is 1. The van der Waals surface area contributed by atoms with E-state index in [1.165, 1.54) is 6.08 Å². The minimum atomic E-state index is -0.515. The third-order valence-electron chi connectivity index (χ3n) is 5.76. The van der Waals surface area contributed by atoms with E-state index >= 15 is 0 Å². The number of furan rings is 1. The number of esters is 1. The van der Waals surface area contributed by atoms with E-state index in [4.69, 9.17) is 14.3 Å². The summed E-state index contributed by atoms with van der Waals surface area (Å²) in [7, 11) is 0. The van der Waals surface area contributed by atoms with Gasteiger partial charge in [-0.2, -0.15) is 0 Å². The molecule has 0 saturated carbocycles. The monoisotopic (exact) mass is 344 g/mol. The first kappa shape index (κ1) is 17.7. The first-order valence-electron chi connectivity index (χ1n) is 8.58. The van der Waals surface area contributed by atoms with Gasteiger partial charge in [0.25, 0.3) is 0 Å². The molecule has 0 fully saturated rings. The van der Waals surface area contributed by atoms with Crippen LogP contribution in [-0.4, -0.2) is 23.5 Å². The molecular formula is C20H24O5. The number of ketones is 1. The maximum atomic E-state index is 12.5. The summed E-state index contributed by atoms with van der Waals surface area (Å²) in [6.45, 7) is 7.44. The Kier molecular flexibility index (Phi) is 4.45. The van der Waals surface area contributed by atoms with Gasteiger partial charge in [-0.25, -0.2) is 4.79 Å². The highest BCUT2D eigenvalue weighted by atomic mass is 16.5. The van der Waals surface area contributed by atoms with E-state index in [0.29, 0.717) is 18.4 Å². The predicted molar refractivity (Wildman–Crippen MR) is 91.8 cm³/mol. The zero-order chi connectivity index (χ0) is 18.4. The molecule has 0 saturated heterocycles. The Morgan fingerprint density at radius 2 is 2.24 bits per heavy atom. The van der Waals surface area contributed by atoms with Gasteiger partial charge < -0.3 is 14.3 Å². The van der Waals surface area contributed by atoms with Gasteiger partial charge in [0.2, 0.25) is 0 Å². The standard InChI is InChI=1S/C20H24O5/c1-11(5-6-21)19(23)25-18-17-12(2)10-24-16(17)9-14-8-15(22)7-13(3)20(14,18)4/h5,8,10,13,18,21H,6-7,9H2,1-4H3/b11-5-/t13-,18+,20+/m0/s1. The molecule has 0 spiro atoms. The maximum Gasteiger partial charge on any atom is 0.334 e. The van der Waals surface area contributed by atoms with Crippen molar-refractivity contribution in [1.29, 1.82) is 0 Å². The molecular weight excluding hydrogens is 320 g/mol. The van der Waals surface area contributed by atoms with Crippen molar-refractivity contribution in [2.24, 2.45) is 11.3 Å². The molecule has 0 unspecified atom stereocenters. The van der Waals surface area contributed by atoms with Crippen LogP contribution in [0.4, 0.5) is 0 Å². The number of carbonyl (C=O) groups is 2. The van der Waals surface area contributed by atoms with Crippen molar-refractivity contribution in [1.82, 2.24) is 0 Å². The molecule has 25 heavy (non-hydrogen) atoms. The van der Waals surface area contributed by atoms with Crippen LogP contribution in [0.25, 0.3) is 0 Å². The van der Waals surface area contributed by atoms with Crippen LogP contribution < -0.4 is 0 Å². The molecule has 1 N–H and O–H groups in total. The number of rotatable bonds is 3. The van der Waals surface area contributed by atoms with Gasteiger partial charge in [0.15, 0.2) is 5.78 Å². The summed E-state index contributed by atoms with van der Waals surface area (Å²) in [6.07, 6.45) is 5.29. The summed E-state index contributed by atoms with van der Waals surface area (Å²) in [4.78, 5) is 24.6. The quantitative estimate of drug-likeness (QED) is 0.673. The van der Waals surface area contributed by atoms with E-state index < -0.39 is 17.5 Å². The molecule has 5 nitrogen and oxygen atoms in total.